The zero-order valence-corrected chi connectivity index (χ0v) is 23.8. The lowest BCUT2D eigenvalue weighted by Gasteiger charge is -2.41. The van der Waals surface area contributed by atoms with Crippen LogP contribution in [0, 0.1) is 0 Å². The Balaban J connectivity index is 0.00000181. The van der Waals surface area contributed by atoms with Gasteiger partial charge in [-0.3, -0.25) is 9.59 Å². The van der Waals surface area contributed by atoms with E-state index in [1.54, 1.807) is 9.47 Å². The van der Waals surface area contributed by atoms with Crippen LogP contribution in [0.15, 0.2) is 65.5 Å². The monoisotopic (exact) mass is 551 g/mol. The van der Waals surface area contributed by atoms with Gasteiger partial charge in [-0.15, -0.1) is 0 Å². The van der Waals surface area contributed by atoms with Crippen molar-refractivity contribution in [3.63, 3.8) is 0 Å². The van der Waals surface area contributed by atoms with Crippen LogP contribution in [-0.4, -0.2) is 38.9 Å². The van der Waals surface area contributed by atoms with Crippen molar-refractivity contribution in [2.24, 2.45) is 0 Å². The molecule has 1 saturated carbocycles. The van der Waals surface area contributed by atoms with Gasteiger partial charge < -0.3 is 14.2 Å². The van der Waals surface area contributed by atoms with Crippen molar-refractivity contribution in [2.75, 3.05) is 6.54 Å². The van der Waals surface area contributed by atoms with Gasteiger partial charge >= 0.3 is 5.56 Å². The van der Waals surface area contributed by atoms with Gasteiger partial charge in [-0.2, -0.15) is 4.98 Å². The fraction of sp³-hybridized carbons (Fsp3) is 0.469. The molecule has 0 spiro atoms. The van der Waals surface area contributed by atoms with E-state index in [1.165, 1.54) is 0 Å². The van der Waals surface area contributed by atoms with E-state index in [-0.39, 0.29) is 55.7 Å². The lowest BCUT2D eigenvalue weighted by molar-refractivity contribution is -0.0525. The second-order valence-corrected chi connectivity index (χ2v) is 10.7. The highest BCUT2D eigenvalue weighted by atomic mass is 19.3. The first-order valence-electron chi connectivity index (χ1n) is 14.2. The molecule has 0 bridgehead atoms. The van der Waals surface area contributed by atoms with Gasteiger partial charge in [-0.1, -0.05) is 74.5 Å². The topological polar surface area (TPSA) is 64.4 Å². The van der Waals surface area contributed by atoms with Crippen LogP contribution in [0.3, 0.4) is 0 Å². The number of nitrogens with zero attached hydrogens (tertiary/aromatic N) is 3. The van der Waals surface area contributed by atoms with E-state index in [2.05, 4.69) is 4.98 Å². The lowest BCUT2D eigenvalue weighted by Crippen LogP contribution is -2.47. The largest absolute Gasteiger partial charge is 0.481 e. The van der Waals surface area contributed by atoms with Crippen LogP contribution in [-0.2, 0) is 25.0 Å². The van der Waals surface area contributed by atoms with E-state index in [1.807, 2.05) is 88.4 Å². The molecule has 0 N–H and O–H groups in total. The number of hydrogen-bond donors (Lipinski definition) is 0. The van der Waals surface area contributed by atoms with Gasteiger partial charge in [0.05, 0.1) is 0 Å². The second kappa shape index (κ2) is 12.3. The fourth-order valence-electron chi connectivity index (χ4n) is 5.72. The third-order valence-electron chi connectivity index (χ3n) is 7.92. The molecule has 0 atom stereocenters. The van der Waals surface area contributed by atoms with Crippen LogP contribution >= 0.6 is 0 Å². The van der Waals surface area contributed by atoms with Gasteiger partial charge in [0.1, 0.15) is 12.4 Å². The molecule has 214 valence electrons. The van der Waals surface area contributed by atoms with Crippen molar-refractivity contribution >= 4 is 5.91 Å². The third-order valence-corrected chi connectivity index (χ3v) is 7.92. The average molecular weight is 552 g/mol. The number of benzene rings is 2. The number of aromatic nitrogens is 2. The van der Waals surface area contributed by atoms with Crippen molar-refractivity contribution in [3.8, 4) is 5.75 Å². The van der Waals surface area contributed by atoms with Crippen molar-refractivity contribution in [2.45, 2.75) is 90.3 Å². The highest BCUT2D eigenvalue weighted by Crippen LogP contribution is 2.47. The van der Waals surface area contributed by atoms with Crippen LogP contribution < -0.4 is 10.3 Å². The second-order valence-electron chi connectivity index (χ2n) is 10.7. The predicted octanol–water partition coefficient (Wildman–Crippen LogP) is 6.40. The SMILES string of the molecule is CC.CC(C)N1CCn2c(CC3(c4ccccc4)CCC(F)(F)CC3)nc(=O)c(OCc3ccccc3)c2C1=O. The molecule has 1 fully saturated rings. The standard InChI is InChI=1S/C30H33F2N3O3.C2H6/c1-21(2)34-17-18-35-24(19-29(23-11-7-4-8-12-23)13-15-30(31,32)16-14-29)33-27(36)26(25(35)28(34)37)38-20-22-9-5-3-6-10-22;1-2/h3-12,21H,13-20H2,1-2H3;1-2H3. The first-order chi connectivity index (χ1) is 19.2. The normalized spacial score (nSPS) is 17.6. The molecule has 2 heterocycles. The first-order valence-corrected chi connectivity index (χ1v) is 14.2. The van der Waals surface area contributed by atoms with Crippen LogP contribution in [0.1, 0.15) is 80.8 Å². The number of carbonyl (C=O) groups excluding carboxylic acids is 1. The van der Waals surface area contributed by atoms with Gasteiger partial charge in [0.25, 0.3) is 5.91 Å². The Labute approximate surface area is 235 Å². The summed E-state index contributed by atoms with van der Waals surface area (Å²) in [5, 5.41) is 0. The van der Waals surface area contributed by atoms with Crippen LogP contribution in [0.5, 0.6) is 5.75 Å². The van der Waals surface area contributed by atoms with Gasteiger partial charge in [0.2, 0.25) is 11.7 Å². The molecule has 1 aromatic heterocycles. The number of amides is 1. The number of fused-ring (bicyclic) bond motifs is 1. The van der Waals surface area contributed by atoms with Gasteiger partial charge in [0.15, 0.2) is 5.69 Å². The van der Waals surface area contributed by atoms with E-state index < -0.39 is 16.9 Å². The van der Waals surface area contributed by atoms with Gasteiger partial charge in [-0.05, 0) is 37.8 Å². The maximum atomic E-state index is 14.2. The summed E-state index contributed by atoms with van der Waals surface area (Å²) in [5.74, 6) is -2.59. The van der Waals surface area contributed by atoms with Crippen LogP contribution in [0.25, 0.3) is 0 Å². The first kappa shape index (κ1) is 29.4. The zero-order valence-electron chi connectivity index (χ0n) is 23.8. The molecule has 1 amide bonds. The fourth-order valence-corrected chi connectivity index (χ4v) is 5.72. The summed E-state index contributed by atoms with van der Waals surface area (Å²) < 4.78 is 36.3. The van der Waals surface area contributed by atoms with Gasteiger partial charge in [-0.25, -0.2) is 8.78 Å². The van der Waals surface area contributed by atoms with Crippen molar-refractivity contribution in [1.29, 1.82) is 0 Å². The van der Waals surface area contributed by atoms with Gasteiger partial charge in [0, 0.05) is 43.8 Å². The minimum atomic E-state index is -2.70. The number of hydrogen-bond acceptors (Lipinski definition) is 4. The lowest BCUT2D eigenvalue weighted by atomic mass is 9.66. The van der Waals surface area contributed by atoms with Crippen molar-refractivity contribution < 1.29 is 18.3 Å². The highest BCUT2D eigenvalue weighted by Gasteiger charge is 2.45. The summed E-state index contributed by atoms with van der Waals surface area (Å²) in [7, 11) is 0. The van der Waals surface area contributed by atoms with Crippen molar-refractivity contribution in [1.82, 2.24) is 14.5 Å². The van der Waals surface area contributed by atoms with E-state index in [0.717, 1.165) is 11.1 Å². The Morgan fingerprint density at radius 3 is 2.10 bits per heavy atom. The Hall–Kier alpha value is -3.55. The summed E-state index contributed by atoms with van der Waals surface area (Å²) in [6.07, 6.45) is 0.388. The molecule has 0 unspecified atom stereocenters. The third kappa shape index (κ3) is 6.11. The molecule has 8 heteroatoms. The summed E-state index contributed by atoms with van der Waals surface area (Å²) >= 11 is 0. The average Bonchev–Trinajstić information content (AvgIpc) is 2.96. The maximum absolute atomic E-state index is 14.2. The molecule has 40 heavy (non-hydrogen) atoms. The summed E-state index contributed by atoms with van der Waals surface area (Å²) in [6.45, 7) is 8.91. The molecule has 2 aliphatic rings. The molecule has 0 saturated heterocycles. The maximum Gasteiger partial charge on any atom is 0.316 e. The van der Waals surface area contributed by atoms with Crippen LogP contribution in [0.2, 0.25) is 0 Å². The number of rotatable bonds is 7. The predicted molar refractivity (Wildman–Crippen MR) is 152 cm³/mol. The van der Waals surface area contributed by atoms with Crippen LogP contribution in [0.4, 0.5) is 8.78 Å². The summed E-state index contributed by atoms with van der Waals surface area (Å²) in [6, 6.07) is 19.0. The van der Waals surface area contributed by atoms with E-state index in [9.17, 15) is 18.4 Å². The highest BCUT2D eigenvalue weighted by molar-refractivity contribution is 5.96. The molecule has 5 rings (SSSR count). The summed E-state index contributed by atoms with van der Waals surface area (Å²) in [5.41, 5.74) is 0.804. The minimum Gasteiger partial charge on any atom is -0.481 e. The zero-order chi connectivity index (χ0) is 28.9. The number of alkyl halides is 2. The molecule has 2 aromatic carbocycles. The molecule has 0 radical (unpaired) electrons. The summed E-state index contributed by atoms with van der Waals surface area (Å²) in [4.78, 5) is 33.2. The molecular formula is C32H39F2N3O3. The minimum absolute atomic E-state index is 0.0545. The Morgan fingerprint density at radius 2 is 1.50 bits per heavy atom. The quantitative estimate of drug-likeness (QED) is 0.341. The van der Waals surface area contributed by atoms with Crippen molar-refractivity contribution in [3.05, 3.63) is 93.7 Å². The number of halogens is 2. The number of carbonyl (C=O) groups is 1. The molecule has 3 aromatic rings. The molecule has 1 aliphatic heterocycles. The number of ether oxygens (including phenoxy) is 1. The molecule has 1 aliphatic carbocycles. The van der Waals surface area contributed by atoms with E-state index >= 15 is 0 Å². The van der Waals surface area contributed by atoms with E-state index in [4.69, 9.17) is 4.74 Å². The Morgan fingerprint density at radius 1 is 0.900 bits per heavy atom. The molecule has 6 nitrogen and oxygen atoms in total. The molecular weight excluding hydrogens is 512 g/mol. The Bertz CT molecular complexity index is 1350. The smallest absolute Gasteiger partial charge is 0.316 e. The van der Waals surface area contributed by atoms with E-state index in [0.29, 0.717) is 25.3 Å². The Kier molecular flexibility index (Phi) is 9.06.